The van der Waals surface area contributed by atoms with Crippen molar-refractivity contribution in [2.75, 3.05) is 22.9 Å². The third-order valence-electron chi connectivity index (χ3n) is 5.62. The van der Waals surface area contributed by atoms with Crippen molar-refractivity contribution in [3.05, 3.63) is 48.0 Å². The van der Waals surface area contributed by atoms with Gasteiger partial charge in [-0.2, -0.15) is 4.98 Å². The monoisotopic (exact) mass is 430 g/mol. The molecule has 1 aromatic heterocycles. The Morgan fingerprint density at radius 3 is 2.69 bits per heavy atom. The molecule has 1 unspecified atom stereocenters. The smallest absolute Gasteiger partial charge is 0.240 e. The van der Waals surface area contributed by atoms with E-state index in [9.17, 15) is 4.79 Å². The van der Waals surface area contributed by atoms with Gasteiger partial charge in [-0.15, -0.1) is 0 Å². The number of nitrogens with two attached hydrogens (primary N) is 4. The minimum atomic E-state index is -0.426. The Bertz CT molecular complexity index is 1270. The zero-order valence-electron chi connectivity index (χ0n) is 17.2. The number of hydrogen-bond acceptors (Lipinski definition) is 9. The Labute approximate surface area is 183 Å². The third kappa shape index (κ3) is 3.31. The Morgan fingerprint density at radius 2 is 1.88 bits per heavy atom. The zero-order chi connectivity index (χ0) is 22.4. The minimum absolute atomic E-state index is 0.0773. The maximum absolute atomic E-state index is 11.8. The molecule has 1 saturated heterocycles. The number of carbonyl (C=O) groups excluding carboxylic acids is 1. The van der Waals surface area contributed by atoms with Gasteiger partial charge in [0.2, 0.25) is 11.9 Å². The van der Waals surface area contributed by atoms with Crippen molar-refractivity contribution in [1.82, 2.24) is 9.97 Å². The molecule has 1 fully saturated rings. The van der Waals surface area contributed by atoms with Crippen LogP contribution in [0.1, 0.15) is 18.4 Å². The van der Waals surface area contributed by atoms with Crippen LogP contribution in [0.4, 0.5) is 23.1 Å². The molecule has 0 aliphatic carbocycles. The number of nitrogen functional groups attached to an aromatic ring is 2. The topological polar surface area (TPSA) is 172 Å². The standard InChI is InChI=1S/C22H22N8O2/c23-12-8-11(9-17-19(12)20(24)27-13-4-1-2-6-16(13)32-17)14-10-18(29-22(26)28-14)30-7-3-5-15(30)21(25)31/h1-2,4,6,8-10,15H,3,5,7,23H2,(H2,24,27)(H2,25,31)(H2,26,28,29). The average molecular weight is 430 g/mol. The highest BCUT2D eigenvalue weighted by atomic mass is 16.5. The van der Waals surface area contributed by atoms with Gasteiger partial charge >= 0.3 is 0 Å². The molecule has 1 atom stereocenters. The number of rotatable bonds is 3. The van der Waals surface area contributed by atoms with Crippen LogP contribution in [-0.4, -0.2) is 34.3 Å². The molecule has 8 N–H and O–H groups in total. The lowest BCUT2D eigenvalue weighted by Gasteiger charge is -2.23. The quantitative estimate of drug-likeness (QED) is 0.456. The number of aliphatic imine (C=N–C) groups is 1. The number of aromatic nitrogens is 2. The number of nitrogens with zero attached hydrogens (tertiary/aromatic N) is 4. The van der Waals surface area contributed by atoms with Crippen LogP contribution in [0.25, 0.3) is 11.3 Å². The molecule has 2 aliphatic rings. The molecule has 0 radical (unpaired) electrons. The lowest BCUT2D eigenvalue weighted by Crippen LogP contribution is -2.40. The molecule has 0 spiro atoms. The number of anilines is 3. The summed E-state index contributed by atoms with van der Waals surface area (Å²) in [4.78, 5) is 26.8. The number of hydrogen-bond donors (Lipinski definition) is 4. The summed E-state index contributed by atoms with van der Waals surface area (Å²) in [7, 11) is 0. The Hall–Kier alpha value is -4.34. The second kappa shape index (κ2) is 7.41. The molecule has 0 saturated carbocycles. The number of para-hydroxylation sites is 2. The van der Waals surface area contributed by atoms with Crippen molar-refractivity contribution < 1.29 is 9.53 Å². The number of carbonyl (C=O) groups is 1. The molecule has 10 nitrogen and oxygen atoms in total. The van der Waals surface area contributed by atoms with Crippen LogP contribution < -0.4 is 32.6 Å². The molecule has 3 heterocycles. The van der Waals surface area contributed by atoms with Gasteiger partial charge in [0.25, 0.3) is 0 Å². The molecule has 5 rings (SSSR count). The molecule has 0 bridgehead atoms. The summed E-state index contributed by atoms with van der Waals surface area (Å²) < 4.78 is 6.10. The van der Waals surface area contributed by atoms with Gasteiger partial charge in [-0.1, -0.05) is 12.1 Å². The van der Waals surface area contributed by atoms with E-state index in [0.29, 0.717) is 58.5 Å². The van der Waals surface area contributed by atoms with Crippen molar-refractivity contribution in [2.45, 2.75) is 18.9 Å². The van der Waals surface area contributed by atoms with Gasteiger partial charge in [-0.05, 0) is 37.1 Å². The Kier molecular flexibility index (Phi) is 4.54. The highest BCUT2D eigenvalue weighted by molar-refractivity contribution is 6.07. The van der Waals surface area contributed by atoms with E-state index in [1.54, 1.807) is 18.2 Å². The molecule has 1 amide bonds. The summed E-state index contributed by atoms with van der Waals surface area (Å²) in [5.74, 6) is 1.51. The van der Waals surface area contributed by atoms with Crippen LogP contribution in [0, 0.1) is 0 Å². The fraction of sp³-hybridized carbons (Fsp3) is 0.182. The maximum Gasteiger partial charge on any atom is 0.240 e. The largest absolute Gasteiger partial charge is 0.454 e. The van der Waals surface area contributed by atoms with E-state index in [2.05, 4.69) is 15.0 Å². The highest BCUT2D eigenvalue weighted by Crippen LogP contribution is 2.41. The lowest BCUT2D eigenvalue weighted by molar-refractivity contribution is -0.119. The molecule has 2 aliphatic heterocycles. The first kappa shape index (κ1) is 19.6. The van der Waals surface area contributed by atoms with E-state index < -0.39 is 11.9 Å². The number of primary amides is 1. The Balaban J connectivity index is 1.60. The van der Waals surface area contributed by atoms with Crippen molar-refractivity contribution >= 4 is 34.9 Å². The molecular formula is C22H22N8O2. The van der Waals surface area contributed by atoms with E-state index in [-0.39, 0.29) is 11.8 Å². The van der Waals surface area contributed by atoms with Crippen molar-refractivity contribution in [2.24, 2.45) is 16.5 Å². The van der Waals surface area contributed by atoms with Gasteiger partial charge in [0.05, 0.1) is 11.3 Å². The van der Waals surface area contributed by atoms with E-state index >= 15 is 0 Å². The molecule has 32 heavy (non-hydrogen) atoms. The van der Waals surface area contributed by atoms with E-state index in [4.69, 9.17) is 27.7 Å². The van der Waals surface area contributed by atoms with Gasteiger partial charge in [-0.25, -0.2) is 9.98 Å². The zero-order valence-corrected chi connectivity index (χ0v) is 17.2. The number of fused-ring (bicyclic) bond motifs is 2. The highest BCUT2D eigenvalue weighted by Gasteiger charge is 2.31. The number of ether oxygens (including phenoxy) is 1. The van der Waals surface area contributed by atoms with E-state index in [0.717, 1.165) is 6.42 Å². The first-order valence-corrected chi connectivity index (χ1v) is 10.2. The van der Waals surface area contributed by atoms with Gasteiger partial charge < -0.3 is 32.6 Å². The van der Waals surface area contributed by atoms with Crippen LogP contribution in [0.5, 0.6) is 11.5 Å². The first-order valence-electron chi connectivity index (χ1n) is 10.2. The second-order valence-electron chi connectivity index (χ2n) is 7.73. The predicted molar refractivity (Wildman–Crippen MR) is 123 cm³/mol. The molecular weight excluding hydrogens is 408 g/mol. The SMILES string of the molecule is NC(=O)C1CCCN1c1cc(-c2cc(N)c3c(c2)Oc2ccccc2N=C3N)nc(N)n1. The van der Waals surface area contributed by atoms with Crippen molar-refractivity contribution in [1.29, 1.82) is 0 Å². The summed E-state index contributed by atoms with van der Waals surface area (Å²) in [5.41, 5.74) is 26.9. The van der Waals surface area contributed by atoms with Crippen molar-refractivity contribution in [3.63, 3.8) is 0 Å². The molecule has 3 aromatic rings. The summed E-state index contributed by atoms with van der Waals surface area (Å²) in [6, 6.07) is 12.2. The lowest BCUT2D eigenvalue weighted by atomic mass is 10.0. The first-order chi connectivity index (χ1) is 15.4. The maximum atomic E-state index is 11.8. The van der Waals surface area contributed by atoms with Crippen LogP contribution in [0.3, 0.4) is 0 Å². The van der Waals surface area contributed by atoms with Gasteiger partial charge in [0.15, 0.2) is 5.75 Å². The molecule has 162 valence electrons. The number of amides is 1. The number of benzene rings is 2. The van der Waals surface area contributed by atoms with Crippen LogP contribution >= 0.6 is 0 Å². The fourth-order valence-electron chi connectivity index (χ4n) is 4.16. The van der Waals surface area contributed by atoms with Crippen LogP contribution in [0.2, 0.25) is 0 Å². The van der Waals surface area contributed by atoms with Crippen LogP contribution in [-0.2, 0) is 4.79 Å². The second-order valence-corrected chi connectivity index (χ2v) is 7.73. The van der Waals surface area contributed by atoms with Gasteiger partial charge in [-0.3, -0.25) is 4.79 Å². The summed E-state index contributed by atoms with van der Waals surface area (Å²) in [6.07, 6.45) is 1.51. The predicted octanol–water partition coefficient (Wildman–Crippen LogP) is 1.90. The fourth-order valence-corrected chi connectivity index (χ4v) is 4.16. The van der Waals surface area contributed by atoms with Gasteiger partial charge in [0, 0.05) is 23.9 Å². The minimum Gasteiger partial charge on any atom is -0.454 e. The van der Waals surface area contributed by atoms with E-state index in [1.807, 2.05) is 29.2 Å². The third-order valence-corrected chi connectivity index (χ3v) is 5.62. The summed E-state index contributed by atoms with van der Waals surface area (Å²) in [6.45, 7) is 0.655. The summed E-state index contributed by atoms with van der Waals surface area (Å²) in [5, 5.41) is 0. The van der Waals surface area contributed by atoms with E-state index in [1.165, 1.54) is 0 Å². The van der Waals surface area contributed by atoms with Gasteiger partial charge in [0.1, 0.15) is 29.1 Å². The van der Waals surface area contributed by atoms with Crippen LogP contribution in [0.15, 0.2) is 47.5 Å². The number of amidine groups is 1. The average Bonchev–Trinajstić information content (AvgIpc) is 3.19. The Morgan fingerprint density at radius 1 is 1.06 bits per heavy atom. The molecule has 10 heteroatoms. The summed E-state index contributed by atoms with van der Waals surface area (Å²) >= 11 is 0. The molecule has 2 aromatic carbocycles. The van der Waals surface area contributed by atoms with Crippen molar-refractivity contribution in [3.8, 4) is 22.8 Å². The normalized spacial score (nSPS) is 17.1.